The molecular weight excluding hydrogens is 432 g/mol. The van der Waals surface area contributed by atoms with Crippen LogP contribution in [0.4, 0.5) is 0 Å². The molecule has 168 valence electrons. The van der Waals surface area contributed by atoms with Crippen molar-refractivity contribution in [2.24, 2.45) is 0 Å². The van der Waals surface area contributed by atoms with Gasteiger partial charge in [-0.05, 0) is 63.1 Å². The fourth-order valence-electron chi connectivity index (χ4n) is 3.85. The second kappa shape index (κ2) is 9.67. The molecule has 1 amide bonds. The van der Waals surface area contributed by atoms with Gasteiger partial charge in [0, 0.05) is 44.0 Å². The SMILES string of the molecule is CSc1nc(C)c(CCC(=O)N2CCN(S(=O)(=O)c3cc(C)ccc3C)CC2)c(C)n1. The maximum absolute atomic E-state index is 13.1. The second-order valence-corrected chi connectivity index (χ2v) is 10.6. The number of piperazine rings is 1. The molecule has 31 heavy (non-hydrogen) atoms. The molecule has 1 aliphatic rings. The number of hydrogen-bond acceptors (Lipinski definition) is 6. The van der Waals surface area contributed by atoms with Gasteiger partial charge in [0.05, 0.1) is 4.90 Å². The number of aromatic nitrogens is 2. The molecule has 7 nitrogen and oxygen atoms in total. The molecule has 0 atom stereocenters. The van der Waals surface area contributed by atoms with Gasteiger partial charge in [0.1, 0.15) is 0 Å². The topological polar surface area (TPSA) is 83.5 Å². The van der Waals surface area contributed by atoms with Crippen LogP contribution in [0.2, 0.25) is 0 Å². The average Bonchev–Trinajstić information content (AvgIpc) is 2.74. The normalized spacial score (nSPS) is 15.3. The van der Waals surface area contributed by atoms with Crippen molar-refractivity contribution < 1.29 is 13.2 Å². The summed E-state index contributed by atoms with van der Waals surface area (Å²) in [5, 5.41) is 0.742. The number of aryl methyl sites for hydroxylation is 4. The summed E-state index contributed by atoms with van der Waals surface area (Å²) in [6.07, 6.45) is 2.90. The molecule has 0 radical (unpaired) electrons. The number of hydrogen-bond donors (Lipinski definition) is 0. The number of sulfonamides is 1. The number of carbonyl (C=O) groups excluding carboxylic acids is 1. The van der Waals surface area contributed by atoms with Gasteiger partial charge in [-0.25, -0.2) is 18.4 Å². The van der Waals surface area contributed by atoms with Gasteiger partial charge >= 0.3 is 0 Å². The maximum atomic E-state index is 13.1. The lowest BCUT2D eigenvalue weighted by Crippen LogP contribution is -2.50. The van der Waals surface area contributed by atoms with Crippen molar-refractivity contribution in [3.05, 3.63) is 46.3 Å². The van der Waals surface area contributed by atoms with Gasteiger partial charge < -0.3 is 4.90 Å². The first-order valence-corrected chi connectivity index (χ1v) is 13.0. The Bertz CT molecular complexity index is 1060. The van der Waals surface area contributed by atoms with Crippen LogP contribution in [0.1, 0.15) is 34.5 Å². The Kier molecular flexibility index (Phi) is 7.39. The molecule has 1 aromatic heterocycles. The van der Waals surface area contributed by atoms with E-state index in [1.165, 1.54) is 16.1 Å². The Hall–Kier alpha value is -1.97. The second-order valence-electron chi connectivity index (χ2n) is 7.91. The van der Waals surface area contributed by atoms with Gasteiger partial charge in [-0.1, -0.05) is 23.9 Å². The average molecular weight is 463 g/mol. The molecule has 0 saturated carbocycles. The van der Waals surface area contributed by atoms with Gasteiger partial charge in [-0.3, -0.25) is 4.79 Å². The molecule has 0 aliphatic carbocycles. The number of carbonyl (C=O) groups is 1. The Balaban J connectivity index is 1.61. The molecule has 2 heterocycles. The zero-order valence-corrected chi connectivity index (χ0v) is 20.4. The van der Waals surface area contributed by atoms with E-state index in [1.54, 1.807) is 11.0 Å². The zero-order valence-electron chi connectivity index (χ0n) is 18.8. The predicted octanol–water partition coefficient (Wildman–Crippen LogP) is 2.90. The van der Waals surface area contributed by atoms with Crippen LogP contribution in [0, 0.1) is 27.7 Å². The lowest BCUT2D eigenvalue weighted by Gasteiger charge is -2.34. The third-order valence-corrected chi connectivity index (χ3v) is 8.31. The summed E-state index contributed by atoms with van der Waals surface area (Å²) in [6.45, 7) is 9.03. The summed E-state index contributed by atoms with van der Waals surface area (Å²) in [6, 6.07) is 5.47. The Morgan fingerprint density at radius 3 is 2.23 bits per heavy atom. The van der Waals surface area contributed by atoms with Crippen molar-refractivity contribution in [3.8, 4) is 0 Å². The molecule has 0 unspecified atom stereocenters. The molecule has 0 N–H and O–H groups in total. The van der Waals surface area contributed by atoms with Crippen molar-refractivity contribution in [1.29, 1.82) is 0 Å². The minimum atomic E-state index is -3.56. The molecule has 0 bridgehead atoms. The monoisotopic (exact) mass is 462 g/mol. The third kappa shape index (κ3) is 5.27. The Morgan fingerprint density at radius 2 is 1.65 bits per heavy atom. The largest absolute Gasteiger partial charge is 0.340 e. The van der Waals surface area contributed by atoms with E-state index in [1.807, 2.05) is 46.1 Å². The minimum Gasteiger partial charge on any atom is -0.340 e. The van der Waals surface area contributed by atoms with E-state index in [0.717, 1.165) is 33.2 Å². The molecule has 1 saturated heterocycles. The van der Waals surface area contributed by atoms with Crippen LogP contribution in [0.5, 0.6) is 0 Å². The van der Waals surface area contributed by atoms with E-state index in [2.05, 4.69) is 9.97 Å². The highest BCUT2D eigenvalue weighted by Crippen LogP contribution is 2.23. The Labute approximate surface area is 189 Å². The highest BCUT2D eigenvalue weighted by Gasteiger charge is 2.31. The molecule has 1 aliphatic heterocycles. The summed E-state index contributed by atoms with van der Waals surface area (Å²) < 4.78 is 27.7. The van der Waals surface area contributed by atoms with Crippen LogP contribution in [0.15, 0.2) is 28.3 Å². The minimum absolute atomic E-state index is 0.0385. The number of amides is 1. The quantitative estimate of drug-likeness (QED) is 0.485. The molecule has 1 aromatic carbocycles. The number of benzene rings is 1. The van der Waals surface area contributed by atoms with E-state index in [4.69, 9.17) is 0 Å². The molecule has 2 aromatic rings. The van der Waals surface area contributed by atoms with Gasteiger partial charge in [0.15, 0.2) is 5.16 Å². The molecule has 9 heteroatoms. The Morgan fingerprint density at radius 1 is 1.03 bits per heavy atom. The van der Waals surface area contributed by atoms with E-state index >= 15 is 0 Å². The van der Waals surface area contributed by atoms with Gasteiger partial charge in [0.2, 0.25) is 15.9 Å². The van der Waals surface area contributed by atoms with Crippen LogP contribution in [0.3, 0.4) is 0 Å². The molecular formula is C22H30N4O3S2. The third-order valence-electron chi connectivity index (χ3n) is 5.72. The summed E-state index contributed by atoms with van der Waals surface area (Å²) in [4.78, 5) is 23.8. The molecule has 1 fully saturated rings. The van der Waals surface area contributed by atoms with E-state index in [9.17, 15) is 13.2 Å². The highest BCUT2D eigenvalue weighted by atomic mass is 32.2. The number of nitrogens with zero attached hydrogens (tertiary/aromatic N) is 4. The fourth-order valence-corrected chi connectivity index (χ4v) is 6.04. The molecule has 0 spiro atoms. The first-order valence-electron chi connectivity index (χ1n) is 10.4. The van der Waals surface area contributed by atoms with Gasteiger partial charge in [-0.15, -0.1) is 0 Å². The van der Waals surface area contributed by atoms with Crippen LogP contribution in [-0.2, 0) is 21.2 Å². The van der Waals surface area contributed by atoms with Crippen molar-refractivity contribution >= 4 is 27.7 Å². The fraction of sp³-hybridized carbons (Fsp3) is 0.500. The van der Waals surface area contributed by atoms with Crippen molar-refractivity contribution in [2.45, 2.75) is 50.6 Å². The van der Waals surface area contributed by atoms with Crippen LogP contribution >= 0.6 is 11.8 Å². The van der Waals surface area contributed by atoms with E-state index in [0.29, 0.717) is 43.9 Å². The number of rotatable bonds is 6. The summed E-state index contributed by atoms with van der Waals surface area (Å²) in [5.41, 5.74) is 4.49. The van der Waals surface area contributed by atoms with E-state index in [-0.39, 0.29) is 5.91 Å². The maximum Gasteiger partial charge on any atom is 0.243 e. The van der Waals surface area contributed by atoms with Crippen molar-refractivity contribution in [2.75, 3.05) is 32.4 Å². The zero-order chi connectivity index (χ0) is 22.8. The first kappa shape index (κ1) is 23.7. The van der Waals surface area contributed by atoms with E-state index < -0.39 is 10.0 Å². The van der Waals surface area contributed by atoms with Gasteiger partial charge in [0.25, 0.3) is 0 Å². The molecule has 3 rings (SSSR count). The lowest BCUT2D eigenvalue weighted by atomic mass is 10.1. The summed E-state index contributed by atoms with van der Waals surface area (Å²) >= 11 is 1.50. The van der Waals surface area contributed by atoms with Crippen molar-refractivity contribution in [1.82, 2.24) is 19.2 Å². The van der Waals surface area contributed by atoms with Crippen LogP contribution in [-0.4, -0.2) is 65.9 Å². The smallest absolute Gasteiger partial charge is 0.243 e. The summed E-state index contributed by atoms with van der Waals surface area (Å²) in [5.74, 6) is 0.0385. The van der Waals surface area contributed by atoms with Crippen LogP contribution in [0.25, 0.3) is 0 Å². The van der Waals surface area contributed by atoms with Crippen molar-refractivity contribution in [3.63, 3.8) is 0 Å². The lowest BCUT2D eigenvalue weighted by molar-refractivity contribution is -0.132. The number of thioether (sulfide) groups is 1. The highest BCUT2D eigenvalue weighted by molar-refractivity contribution is 7.98. The van der Waals surface area contributed by atoms with Crippen LogP contribution < -0.4 is 0 Å². The van der Waals surface area contributed by atoms with Gasteiger partial charge in [-0.2, -0.15) is 4.31 Å². The standard InChI is InChI=1S/C22H30N4O3S2/c1-15-6-7-16(2)20(14-15)31(28,29)26-12-10-25(11-13-26)21(27)9-8-19-17(3)23-22(30-5)24-18(19)4/h6-7,14H,8-13H2,1-5H3. The first-order chi connectivity index (χ1) is 14.6. The summed E-state index contributed by atoms with van der Waals surface area (Å²) in [7, 11) is -3.56. The predicted molar refractivity (Wildman–Crippen MR) is 123 cm³/mol.